The molecule has 5 rings (SSSR count). The number of hydrogen-bond acceptors (Lipinski definition) is 3. The molecule has 0 bridgehead atoms. The Kier molecular flexibility index (Phi) is 4.85. The summed E-state index contributed by atoms with van der Waals surface area (Å²) in [6.07, 6.45) is 0.921. The molecule has 154 valence electrons. The maximum Gasteiger partial charge on any atom is 0.0497 e. The molecule has 1 aromatic heterocycles. The van der Waals surface area contributed by atoms with Crippen LogP contribution in [0.1, 0.15) is 6.42 Å². The number of rotatable bonds is 5. The summed E-state index contributed by atoms with van der Waals surface area (Å²) in [7, 11) is 0. The average molecular weight is 407 g/mol. The standard InChI is InChI=1S/C27H26N4/c28-12-3-13-31-26-16-20(18-4-1-6-22(29)14-18)8-10-24(26)25-11-9-21(17-27(25)31)19-5-2-7-23(30)15-19/h1-2,4-11,14-17H,3,12-13,28-30H2. The molecular weight excluding hydrogens is 380 g/mol. The first-order chi connectivity index (χ1) is 15.1. The van der Waals surface area contributed by atoms with Crippen molar-refractivity contribution in [3.63, 3.8) is 0 Å². The zero-order valence-corrected chi connectivity index (χ0v) is 17.4. The Balaban J connectivity index is 1.73. The van der Waals surface area contributed by atoms with Gasteiger partial charge < -0.3 is 21.8 Å². The van der Waals surface area contributed by atoms with E-state index >= 15 is 0 Å². The molecule has 0 aliphatic carbocycles. The second kappa shape index (κ2) is 7.82. The molecule has 1 heterocycles. The maximum absolute atomic E-state index is 6.02. The third kappa shape index (κ3) is 3.51. The number of benzene rings is 4. The molecule has 0 saturated heterocycles. The highest BCUT2D eigenvalue weighted by molar-refractivity contribution is 6.10. The first-order valence-corrected chi connectivity index (χ1v) is 10.6. The van der Waals surface area contributed by atoms with E-state index in [0.717, 1.165) is 46.6 Å². The van der Waals surface area contributed by atoms with Crippen molar-refractivity contribution in [2.45, 2.75) is 13.0 Å². The van der Waals surface area contributed by atoms with E-state index in [-0.39, 0.29) is 0 Å². The summed E-state index contributed by atoms with van der Waals surface area (Å²) in [5.74, 6) is 0. The largest absolute Gasteiger partial charge is 0.399 e. The van der Waals surface area contributed by atoms with Crippen LogP contribution in [0.4, 0.5) is 11.4 Å². The minimum Gasteiger partial charge on any atom is -0.399 e. The van der Waals surface area contributed by atoms with E-state index in [9.17, 15) is 0 Å². The van der Waals surface area contributed by atoms with E-state index in [0.29, 0.717) is 6.54 Å². The van der Waals surface area contributed by atoms with Crippen molar-refractivity contribution in [2.24, 2.45) is 5.73 Å². The van der Waals surface area contributed by atoms with Gasteiger partial charge in [0.1, 0.15) is 0 Å². The molecule has 0 atom stereocenters. The fourth-order valence-corrected chi connectivity index (χ4v) is 4.38. The number of nitrogens with two attached hydrogens (primary N) is 3. The first kappa shape index (κ1) is 19.2. The van der Waals surface area contributed by atoms with Crippen LogP contribution in [0.25, 0.3) is 44.1 Å². The van der Waals surface area contributed by atoms with Gasteiger partial charge in [0.05, 0.1) is 0 Å². The summed E-state index contributed by atoms with van der Waals surface area (Å²) >= 11 is 0. The van der Waals surface area contributed by atoms with Crippen molar-refractivity contribution < 1.29 is 0 Å². The second-order valence-electron chi connectivity index (χ2n) is 8.01. The lowest BCUT2D eigenvalue weighted by atomic mass is 10.0. The van der Waals surface area contributed by atoms with Gasteiger partial charge in [-0.15, -0.1) is 0 Å². The zero-order valence-electron chi connectivity index (χ0n) is 17.4. The van der Waals surface area contributed by atoms with Gasteiger partial charge in [-0.05, 0) is 71.6 Å². The van der Waals surface area contributed by atoms with Gasteiger partial charge in [0, 0.05) is 39.7 Å². The van der Waals surface area contributed by atoms with Crippen LogP contribution in [0.2, 0.25) is 0 Å². The fraction of sp³-hybridized carbons (Fsp3) is 0.111. The molecule has 4 nitrogen and oxygen atoms in total. The lowest BCUT2D eigenvalue weighted by molar-refractivity contribution is 0.687. The van der Waals surface area contributed by atoms with Crippen LogP contribution in [-0.4, -0.2) is 11.1 Å². The minimum absolute atomic E-state index is 0.658. The molecule has 0 radical (unpaired) electrons. The van der Waals surface area contributed by atoms with E-state index < -0.39 is 0 Å². The molecule has 0 aliphatic heterocycles. The number of anilines is 2. The molecule has 0 amide bonds. The first-order valence-electron chi connectivity index (χ1n) is 10.6. The van der Waals surface area contributed by atoms with Crippen LogP contribution in [0.15, 0.2) is 84.9 Å². The number of nitrogens with zero attached hydrogens (tertiary/aromatic N) is 1. The van der Waals surface area contributed by atoms with Crippen LogP contribution in [0.3, 0.4) is 0 Å². The van der Waals surface area contributed by atoms with Crippen LogP contribution in [-0.2, 0) is 6.54 Å². The van der Waals surface area contributed by atoms with Gasteiger partial charge >= 0.3 is 0 Å². The SMILES string of the molecule is NCCCn1c2cc(-c3cccc(N)c3)ccc2c2ccc(-c3cccc(N)c3)cc21. The Morgan fingerprint density at radius 2 is 1.06 bits per heavy atom. The smallest absolute Gasteiger partial charge is 0.0497 e. The maximum atomic E-state index is 6.02. The number of fused-ring (bicyclic) bond motifs is 3. The monoisotopic (exact) mass is 406 g/mol. The predicted octanol–water partition coefficient (Wildman–Crippen LogP) is 5.64. The van der Waals surface area contributed by atoms with E-state index in [4.69, 9.17) is 17.2 Å². The van der Waals surface area contributed by atoms with E-state index in [2.05, 4.69) is 53.1 Å². The van der Waals surface area contributed by atoms with E-state index in [1.807, 2.05) is 36.4 Å². The zero-order chi connectivity index (χ0) is 21.4. The Labute approximate surface area is 181 Å². The summed E-state index contributed by atoms with van der Waals surface area (Å²) in [5.41, 5.74) is 26.4. The number of aryl methyl sites for hydroxylation is 1. The molecule has 4 heteroatoms. The number of nitrogen functional groups attached to an aromatic ring is 2. The quantitative estimate of drug-likeness (QED) is 0.330. The highest BCUT2D eigenvalue weighted by Crippen LogP contribution is 2.35. The van der Waals surface area contributed by atoms with Crippen molar-refractivity contribution in [3.05, 3.63) is 84.9 Å². The van der Waals surface area contributed by atoms with Gasteiger partial charge in [-0.25, -0.2) is 0 Å². The Morgan fingerprint density at radius 1 is 0.581 bits per heavy atom. The molecule has 0 spiro atoms. The van der Waals surface area contributed by atoms with E-state index in [1.54, 1.807) is 0 Å². The third-order valence-corrected chi connectivity index (χ3v) is 5.89. The van der Waals surface area contributed by atoms with Crippen molar-refractivity contribution in [3.8, 4) is 22.3 Å². The second-order valence-corrected chi connectivity index (χ2v) is 8.01. The molecule has 0 fully saturated rings. The highest BCUT2D eigenvalue weighted by atomic mass is 15.0. The van der Waals surface area contributed by atoms with Crippen LogP contribution >= 0.6 is 0 Å². The van der Waals surface area contributed by atoms with Crippen LogP contribution < -0.4 is 17.2 Å². The number of aromatic nitrogens is 1. The molecule has 6 N–H and O–H groups in total. The molecular formula is C27H26N4. The van der Waals surface area contributed by atoms with Gasteiger partial charge in [-0.3, -0.25) is 0 Å². The van der Waals surface area contributed by atoms with Crippen LogP contribution in [0.5, 0.6) is 0 Å². The Bertz CT molecular complexity index is 1290. The summed E-state index contributed by atoms with van der Waals surface area (Å²) < 4.78 is 2.39. The molecule has 5 aromatic rings. The molecule has 0 aliphatic rings. The summed E-state index contributed by atoms with van der Waals surface area (Å²) in [4.78, 5) is 0. The van der Waals surface area contributed by atoms with Gasteiger partial charge in [0.2, 0.25) is 0 Å². The van der Waals surface area contributed by atoms with Crippen molar-refractivity contribution in [1.29, 1.82) is 0 Å². The molecule has 31 heavy (non-hydrogen) atoms. The van der Waals surface area contributed by atoms with Gasteiger partial charge in [0.25, 0.3) is 0 Å². The summed E-state index contributed by atoms with van der Waals surface area (Å²) in [5, 5.41) is 2.50. The number of hydrogen-bond donors (Lipinski definition) is 3. The molecule has 0 unspecified atom stereocenters. The van der Waals surface area contributed by atoms with Gasteiger partial charge in [-0.1, -0.05) is 48.5 Å². The van der Waals surface area contributed by atoms with E-state index in [1.165, 1.54) is 21.8 Å². The van der Waals surface area contributed by atoms with Crippen LogP contribution in [0, 0.1) is 0 Å². The normalized spacial score (nSPS) is 11.4. The fourth-order valence-electron chi connectivity index (χ4n) is 4.38. The minimum atomic E-state index is 0.658. The van der Waals surface area contributed by atoms with Crippen molar-refractivity contribution in [2.75, 3.05) is 18.0 Å². The summed E-state index contributed by atoms with van der Waals surface area (Å²) in [6, 6.07) is 29.4. The molecule has 0 saturated carbocycles. The molecule has 4 aromatic carbocycles. The summed E-state index contributed by atoms with van der Waals surface area (Å²) in [6.45, 7) is 1.53. The lowest BCUT2D eigenvalue weighted by Crippen LogP contribution is -2.05. The van der Waals surface area contributed by atoms with Crippen molar-refractivity contribution in [1.82, 2.24) is 4.57 Å². The van der Waals surface area contributed by atoms with Crippen molar-refractivity contribution >= 4 is 33.2 Å². The van der Waals surface area contributed by atoms with Gasteiger partial charge in [-0.2, -0.15) is 0 Å². The average Bonchev–Trinajstić information content (AvgIpc) is 3.09. The Morgan fingerprint density at radius 3 is 1.52 bits per heavy atom. The topological polar surface area (TPSA) is 83.0 Å². The predicted molar refractivity (Wildman–Crippen MR) is 133 cm³/mol. The highest BCUT2D eigenvalue weighted by Gasteiger charge is 2.13. The lowest BCUT2D eigenvalue weighted by Gasteiger charge is -2.09. The van der Waals surface area contributed by atoms with Gasteiger partial charge in [0.15, 0.2) is 0 Å². The third-order valence-electron chi connectivity index (χ3n) is 5.89. The Hall–Kier alpha value is -3.76.